The molecule has 0 saturated heterocycles. The standard InChI is InChI=1S/C23H25N5O4/c1-3-25(4-2)19(29)15-28-22(30)20-21(24-16-26(20)14-18-11-8-12-32-18)27(23(28)31)13-17-9-6-5-7-10-17/h5-12,16H,3-4,13-15H2,1-2H3. The first kappa shape index (κ1) is 21.4. The number of likely N-dealkylation sites (N-methyl/N-ethyl adjacent to an activating group) is 1. The molecular weight excluding hydrogens is 410 g/mol. The van der Waals surface area contributed by atoms with Gasteiger partial charge in [0.15, 0.2) is 11.2 Å². The van der Waals surface area contributed by atoms with E-state index in [9.17, 15) is 14.4 Å². The summed E-state index contributed by atoms with van der Waals surface area (Å²) in [5, 5.41) is 0. The number of fused-ring (bicyclic) bond motifs is 1. The van der Waals surface area contributed by atoms with E-state index in [1.165, 1.54) is 10.9 Å². The smallest absolute Gasteiger partial charge is 0.333 e. The number of aromatic nitrogens is 4. The van der Waals surface area contributed by atoms with Gasteiger partial charge in [-0.05, 0) is 31.5 Å². The normalized spacial score (nSPS) is 11.2. The first-order valence-corrected chi connectivity index (χ1v) is 10.6. The maximum Gasteiger partial charge on any atom is 0.333 e. The molecule has 4 rings (SSSR count). The average molecular weight is 435 g/mol. The maximum atomic E-state index is 13.4. The van der Waals surface area contributed by atoms with Gasteiger partial charge in [0.05, 0.1) is 25.7 Å². The number of rotatable bonds is 8. The van der Waals surface area contributed by atoms with Gasteiger partial charge in [0.2, 0.25) is 5.91 Å². The third kappa shape index (κ3) is 4.01. The van der Waals surface area contributed by atoms with Crippen LogP contribution >= 0.6 is 0 Å². The molecule has 0 unspecified atom stereocenters. The molecule has 0 radical (unpaired) electrons. The van der Waals surface area contributed by atoms with Crippen molar-refractivity contribution < 1.29 is 9.21 Å². The van der Waals surface area contributed by atoms with Crippen LogP contribution in [-0.4, -0.2) is 42.6 Å². The number of furan rings is 1. The number of imidazole rings is 1. The van der Waals surface area contributed by atoms with E-state index in [2.05, 4.69) is 4.98 Å². The van der Waals surface area contributed by atoms with Crippen molar-refractivity contribution >= 4 is 17.1 Å². The minimum absolute atomic E-state index is 0.230. The molecule has 1 amide bonds. The quantitative estimate of drug-likeness (QED) is 0.421. The number of carbonyl (C=O) groups excluding carboxylic acids is 1. The summed E-state index contributed by atoms with van der Waals surface area (Å²) < 4.78 is 9.51. The zero-order valence-electron chi connectivity index (χ0n) is 18.1. The monoisotopic (exact) mass is 435 g/mol. The van der Waals surface area contributed by atoms with Crippen molar-refractivity contribution in [2.24, 2.45) is 0 Å². The number of benzene rings is 1. The minimum Gasteiger partial charge on any atom is -0.467 e. The van der Waals surface area contributed by atoms with E-state index in [0.29, 0.717) is 18.8 Å². The molecule has 0 fully saturated rings. The predicted octanol–water partition coefficient (Wildman–Crippen LogP) is 1.92. The largest absolute Gasteiger partial charge is 0.467 e. The molecule has 166 valence electrons. The summed E-state index contributed by atoms with van der Waals surface area (Å²) in [5.41, 5.74) is 0.317. The Labute approximate surface area is 184 Å². The second-order valence-corrected chi connectivity index (χ2v) is 7.44. The van der Waals surface area contributed by atoms with Crippen LogP contribution in [0.2, 0.25) is 0 Å². The second kappa shape index (κ2) is 9.09. The van der Waals surface area contributed by atoms with Crippen LogP contribution in [0.3, 0.4) is 0 Å². The van der Waals surface area contributed by atoms with Crippen molar-refractivity contribution in [2.75, 3.05) is 13.1 Å². The fourth-order valence-electron chi connectivity index (χ4n) is 3.79. The topological polar surface area (TPSA) is 95.3 Å². The Morgan fingerprint density at radius 3 is 2.41 bits per heavy atom. The molecule has 0 bridgehead atoms. The fourth-order valence-corrected chi connectivity index (χ4v) is 3.79. The Balaban J connectivity index is 1.88. The molecule has 4 aromatic rings. The summed E-state index contributed by atoms with van der Waals surface area (Å²) in [7, 11) is 0. The Morgan fingerprint density at radius 1 is 1.00 bits per heavy atom. The van der Waals surface area contributed by atoms with E-state index in [0.717, 1.165) is 10.1 Å². The van der Waals surface area contributed by atoms with Crippen LogP contribution in [0.1, 0.15) is 25.2 Å². The lowest BCUT2D eigenvalue weighted by molar-refractivity contribution is -0.131. The highest BCUT2D eigenvalue weighted by molar-refractivity contribution is 5.76. The van der Waals surface area contributed by atoms with Crippen molar-refractivity contribution in [1.29, 1.82) is 0 Å². The molecule has 0 spiro atoms. The molecule has 3 heterocycles. The van der Waals surface area contributed by atoms with E-state index in [1.54, 1.807) is 27.9 Å². The van der Waals surface area contributed by atoms with E-state index >= 15 is 0 Å². The lowest BCUT2D eigenvalue weighted by Gasteiger charge is -2.19. The SMILES string of the molecule is CCN(CC)C(=O)Cn1c(=O)c2c(ncn2Cc2ccco2)n(Cc2ccccc2)c1=O. The molecule has 0 N–H and O–H groups in total. The predicted molar refractivity (Wildman–Crippen MR) is 120 cm³/mol. The highest BCUT2D eigenvalue weighted by Gasteiger charge is 2.21. The van der Waals surface area contributed by atoms with Crippen LogP contribution in [0.15, 0.2) is 69.1 Å². The minimum atomic E-state index is -0.560. The summed E-state index contributed by atoms with van der Waals surface area (Å²) in [6, 6.07) is 13.0. The van der Waals surface area contributed by atoms with Gasteiger partial charge >= 0.3 is 5.69 Å². The molecule has 9 nitrogen and oxygen atoms in total. The van der Waals surface area contributed by atoms with Crippen molar-refractivity contribution in [1.82, 2.24) is 23.6 Å². The zero-order chi connectivity index (χ0) is 22.7. The van der Waals surface area contributed by atoms with Crippen LogP contribution in [0.25, 0.3) is 11.2 Å². The summed E-state index contributed by atoms with van der Waals surface area (Å²) >= 11 is 0. The van der Waals surface area contributed by atoms with Crippen LogP contribution in [0.5, 0.6) is 0 Å². The van der Waals surface area contributed by atoms with E-state index < -0.39 is 11.2 Å². The van der Waals surface area contributed by atoms with Gasteiger partial charge < -0.3 is 13.9 Å². The van der Waals surface area contributed by atoms with Gasteiger partial charge in [-0.1, -0.05) is 30.3 Å². The molecule has 0 saturated carbocycles. The highest BCUT2D eigenvalue weighted by atomic mass is 16.3. The third-order valence-corrected chi connectivity index (χ3v) is 5.48. The summed E-state index contributed by atoms with van der Waals surface area (Å²) in [5.74, 6) is 0.368. The van der Waals surface area contributed by atoms with Crippen LogP contribution in [-0.2, 0) is 24.4 Å². The fraction of sp³-hybridized carbons (Fsp3) is 0.304. The molecule has 0 aliphatic heterocycles. The van der Waals surface area contributed by atoms with Crippen molar-refractivity contribution in [3.8, 4) is 0 Å². The Hall–Kier alpha value is -3.88. The lowest BCUT2D eigenvalue weighted by Crippen LogP contribution is -2.45. The number of carbonyl (C=O) groups is 1. The number of nitrogens with zero attached hydrogens (tertiary/aromatic N) is 5. The van der Waals surface area contributed by atoms with Crippen molar-refractivity contribution in [3.05, 3.63) is 87.2 Å². The third-order valence-electron chi connectivity index (χ3n) is 5.48. The molecular formula is C23H25N5O4. The van der Waals surface area contributed by atoms with Gasteiger partial charge in [0.1, 0.15) is 12.3 Å². The lowest BCUT2D eigenvalue weighted by atomic mass is 10.2. The number of hydrogen-bond donors (Lipinski definition) is 0. The Bertz CT molecular complexity index is 1330. The van der Waals surface area contributed by atoms with E-state index in [4.69, 9.17) is 4.42 Å². The van der Waals surface area contributed by atoms with Gasteiger partial charge in [-0.15, -0.1) is 0 Å². The Morgan fingerprint density at radius 2 is 1.75 bits per heavy atom. The van der Waals surface area contributed by atoms with Crippen LogP contribution in [0.4, 0.5) is 0 Å². The highest BCUT2D eigenvalue weighted by Crippen LogP contribution is 2.12. The van der Waals surface area contributed by atoms with Gasteiger partial charge in [0, 0.05) is 13.1 Å². The van der Waals surface area contributed by atoms with Crippen LogP contribution < -0.4 is 11.2 Å². The summed E-state index contributed by atoms with van der Waals surface area (Å²) in [6.45, 7) is 4.91. The van der Waals surface area contributed by atoms with Gasteiger partial charge in [0.25, 0.3) is 5.56 Å². The molecule has 0 atom stereocenters. The van der Waals surface area contributed by atoms with E-state index in [-0.39, 0.29) is 36.7 Å². The molecule has 9 heteroatoms. The maximum absolute atomic E-state index is 13.4. The number of amides is 1. The van der Waals surface area contributed by atoms with Gasteiger partial charge in [-0.3, -0.25) is 14.2 Å². The molecule has 0 aliphatic carbocycles. The van der Waals surface area contributed by atoms with Crippen molar-refractivity contribution in [3.63, 3.8) is 0 Å². The summed E-state index contributed by atoms with van der Waals surface area (Å²) in [4.78, 5) is 45.5. The second-order valence-electron chi connectivity index (χ2n) is 7.44. The molecule has 0 aliphatic rings. The number of hydrogen-bond acceptors (Lipinski definition) is 5. The summed E-state index contributed by atoms with van der Waals surface area (Å²) in [6.07, 6.45) is 3.08. The molecule has 3 aromatic heterocycles. The zero-order valence-corrected chi connectivity index (χ0v) is 18.1. The van der Waals surface area contributed by atoms with Gasteiger partial charge in [-0.2, -0.15) is 0 Å². The van der Waals surface area contributed by atoms with Crippen molar-refractivity contribution in [2.45, 2.75) is 33.5 Å². The molecule has 32 heavy (non-hydrogen) atoms. The average Bonchev–Trinajstić information content (AvgIpc) is 3.46. The molecule has 1 aromatic carbocycles. The first-order valence-electron chi connectivity index (χ1n) is 10.6. The van der Waals surface area contributed by atoms with Gasteiger partial charge in [-0.25, -0.2) is 14.3 Å². The van der Waals surface area contributed by atoms with E-state index in [1.807, 2.05) is 44.2 Å². The van der Waals surface area contributed by atoms with Crippen LogP contribution in [0, 0.1) is 0 Å². The Kier molecular flexibility index (Phi) is 6.07. The first-order chi connectivity index (χ1) is 15.5.